The largest absolute Gasteiger partial charge is 0.490 e. The fourth-order valence-electron chi connectivity index (χ4n) is 5.49. The zero-order chi connectivity index (χ0) is 34.8. The number of hydrogen-bond donors (Lipinski definition) is 4. The van der Waals surface area contributed by atoms with Gasteiger partial charge in [-0.25, -0.2) is 9.59 Å². The number of rotatable bonds is 7. The second-order valence-corrected chi connectivity index (χ2v) is 12.5. The number of carbonyl (C=O) groups is 3. The fourth-order valence-corrected chi connectivity index (χ4v) is 5.49. The summed E-state index contributed by atoms with van der Waals surface area (Å²) in [5.74, 6) is 0.265. The maximum absolute atomic E-state index is 14.4. The molecule has 2 aromatic carbocycles. The van der Waals surface area contributed by atoms with Crippen molar-refractivity contribution in [1.82, 2.24) is 15.0 Å². The van der Waals surface area contributed by atoms with E-state index in [0.717, 1.165) is 19.3 Å². The quantitative estimate of drug-likeness (QED) is 0.243. The van der Waals surface area contributed by atoms with E-state index >= 15 is 0 Å². The second kappa shape index (κ2) is 17.0. The third-order valence-electron chi connectivity index (χ3n) is 8.41. The van der Waals surface area contributed by atoms with E-state index in [4.69, 9.17) is 14.0 Å². The van der Waals surface area contributed by atoms with Crippen LogP contribution in [0.15, 0.2) is 53.1 Å². The Kier molecular flexibility index (Phi) is 12.8. The number of aliphatic hydroxyl groups is 1. The molecule has 0 aliphatic carbocycles. The Morgan fingerprint density at radius 3 is 2.50 bits per heavy atom. The van der Waals surface area contributed by atoms with Gasteiger partial charge in [0.15, 0.2) is 5.76 Å². The Morgan fingerprint density at radius 2 is 1.81 bits per heavy atom. The molecule has 4 rings (SSSR count). The summed E-state index contributed by atoms with van der Waals surface area (Å²) in [6, 6.07) is 12.8. The maximum atomic E-state index is 14.4. The van der Waals surface area contributed by atoms with Gasteiger partial charge in [-0.2, -0.15) is 0 Å². The Bertz CT molecular complexity index is 1510. The maximum Gasteiger partial charge on any atom is 0.323 e. The van der Waals surface area contributed by atoms with Crippen molar-refractivity contribution in [2.45, 2.75) is 72.1 Å². The van der Waals surface area contributed by atoms with E-state index in [1.54, 1.807) is 55.8 Å². The van der Waals surface area contributed by atoms with Crippen molar-refractivity contribution < 1.29 is 33.5 Å². The first kappa shape index (κ1) is 36.2. The molecule has 5 amide bonds. The first-order chi connectivity index (χ1) is 23.0. The predicted molar refractivity (Wildman–Crippen MR) is 184 cm³/mol. The highest BCUT2D eigenvalue weighted by Gasteiger charge is 2.31. The van der Waals surface area contributed by atoms with Gasteiger partial charge in [0.2, 0.25) is 0 Å². The van der Waals surface area contributed by atoms with Crippen LogP contribution < -0.4 is 20.7 Å². The minimum absolute atomic E-state index is 0.201. The minimum atomic E-state index is -0.544. The number of benzene rings is 2. The molecule has 0 fully saturated rings. The highest BCUT2D eigenvalue weighted by molar-refractivity contribution is 6.03. The number of amides is 5. The number of anilines is 3. The molecular weight excluding hydrogens is 616 g/mol. The normalized spacial score (nSPS) is 19.7. The lowest BCUT2D eigenvalue weighted by Gasteiger charge is -2.35. The number of fused-ring (bicyclic) bond motifs is 1. The molecule has 0 spiro atoms. The number of aliphatic hydroxyl groups excluding tert-OH is 1. The number of ether oxygens (including phenoxy) is 2. The van der Waals surface area contributed by atoms with Crippen LogP contribution in [0.25, 0.3) is 0 Å². The van der Waals surface area contributed by atoms with Gasteiger partial charge >= 0.3 is 12.1 Å². The minimum Gasteiger partial charge on any atom is -0.490 e. The topological polar surface area (TPSA) is 158 Å². The van der Waals surface area contributed by atoms with Crippen LogP contribution >= 0.6 is 0 Å². The summed E-state index contributed by atoms with van der Waals surface area (Å²) < 4.78 is 17.8. The first-order valence-corrected chi connectivity index (χ1v) is 16.4. The zero-order valence-electron chi connectivity index (χ0n) is 28.6. The van der Waals surface area contributed by atoms with Crippen molar-refractivity contribution in [2.24, 2.45) is 5.92 Å². The van der Waals surface area contributed by atoms with Crippen LogP contribution in [0.2, 0.25) is 0 Å². The molecule has 1 aliphatic rings. The van der Waals surface area contributed by atoms with E-state index in [1.165, 1.54) is 0 Å². The van der Waals surface area contributed by atoms with Gasteiger partial charge in [-0.15, -0.1) is 0 Å². The fraction of sp³-hybridized carbons (Fsp3) is 0.486. The number of nitrogens with one attached hydrogen (secondary N) is 3. The average Bonchev–Trinajstić information content (AvgIpc) is 3.38. The number of hydrogen-bond acceptors (Lipinski definition) is 8. The van der Waals surface area contributed by atoms with Crippen LogP contribution in [-0.4, -0.2) is 89.6 Å². The molecule has 260 valence electrons. The monoisotopic (exact) mass is 664 g/mol. The van der Waals surface area contributed by atoms with E-state index in [1.807, 2.05) is 44.2 Å². The summed E-state index contributed by atoms with van der Waals surface area (Å²) in [5.41, 5.74) is 2.32. The molecule has 13 nitrogen and oxygen atoms in total. The Morgan fingerprint density at radius 1 is 1.06 bits per heavy atom. The van der Waals surface area contributed by atoms with Crippen LogP contribution in [0.3, 0.4) is 0 Å². The SMILES string of the molecule is Cc1noc(C)c1NC(=O)Nc1ccc2c(c1)C(=O)N([C@H](C)CO)C[C@@H](C)[C@@H](CN(C)C(=O)Nc1ccccc1)OCCCC[C@@H](C)O2. The number of nitrogens with zero attached hydrogens (tertiary/aromatic N) is 3. The van der Waals surface area contributed by atoms with Gasteiger partial charge in [0.1, 0.15) is 17.1 Å². The average molecular weight is 665 g/mol. The van der Waals surface area contributed by atoms with Gasteiger partial charge in [-0.05, 0) is 77.3 Å². The van der Waals surface area contributed by atoms with Crippen molar-refractivity contribution in [1.29, 1.82) is 0 Å². The molecule has 4 atom stereocenters. The van der Waals surface area contributed by atoms with E-state index < -0.39 is 18.2 Å². The molecule has 13 heteroatoms. The summed E-state index contributed by atoms with van der Waals surface area (Å²) in [4.78, 5) is 43.5. The van der Waals surface area contributed by atoms with Gasteiger partial charge in [0, 0.05) is 44.0 Å². The van der Waals surface area contributed by atoms with Crippen LogP contribution in [0.4, 0.5) is 26.7 Å². The molecule has 1 aromatic heterocycles. The smallest absolute Gasteiger partial charge is 0.323 e. The molecule has 0 saturated heterocycles. The van der Waals surface area contributed by atoms with Crippen molar-refractivity contribution >= 4 is 35.0 Å². The number of urea groups is 2. The lowest BCUT2D eigenvalue weighted by molar-refractivity contribution is -0.0115. The molecular formula is C35H48N6O7. The molecule has 0 radical (unpaired) electrons. The number of aromatic nitrogens is 1. The lowest BCUT2D eigenvalue weighted by atomic mass is 10.0. The van der Waals surface area contributed by atoms with Crippen LogP contribution in [0.1, 0.15) is 61.8 Å². The van der Waals surface area contributed by atoms with Gasteiger partial charge in [0.05, 0.1) is 30.4 Å². The van der Waals surface area contributed by atoms with Crippen molar-refractivity contribution in [3.63, 3.8) is 0 Å². The summed E-state index contributed by atoms with van der Waals surface area (Å²) in [7, 11) is 1.71. The lowest BCUT2D eigenvalue weighted by Crippen LogP contribution is -2.48. The van der Waals surface area contributed by atoms with Crippen LogP contribution in [0.5, 0.6) is 5.75 Å². The molecule has 0 unspecified atom stereocenters. The highest BCUT2D eigenvalue weighted by atomic mass is 16.5. The van der Waals surface area contributed by atoms with Crippen LogP contribution in [-0.2, 0) is 4.74 Å². The zero-order valence-corrected chi connectivity index (χ0v) is 28.6. The summed E-state index contributed by atoms with van der Waals surface area (Å²) in [6.45, 7) is 9.85. The number of aryl methyl sites for hydroxylation is 2. The number of para-hydroxylation sites is 1. The van der Waals surface area contributed by atoms with Crippen LogP contribution in [0, 0.1) is 19.8 Å². The molecule has 0 bridgehead atoms. The molecule has 48 heavy (non-hydrogen) atoms. The summed E-state index contributed by atoms with van der Waals surface area (Å²) in [6.07, 6.45) is 1.77. The van der Waals surface area contributed by atoms with E-state index in [9.17, 15) is 19.5 Å². The third kappa shape index (κ3) is 9.71. The Labute approximate surface area is 281 Å². The van der Waals surface area contributed by atoms with E-state index in [0.29, 0.717) is 47.4 Å². The van der Waals surface area contributed by atoms with E-state index in [-0.39, 0.29) is 42.7 Å². The van der Waals surface area contributed by atoms with E-state index in [2.05, 4.69) is 21.1 Å². The third-order valence-corrected chi connectivity index (χ3v) is 8.41. The highest BCUT2D eigenvalue weighted by Crippen LogP contribution is 2.29. The summed E-state index contributed by atoms with van der Waals surface area (Å²) >= 11 is 0. The number of carbonyl (C=O) groups excluding carboxylic acids is 3. The predicted octanol–water partition coefficient (Wildman–Crippen LogP) is 5.89. The molecule has 2 heterocycles. The van der Waals surface area contributed by atoms with Gasteiger partial charge in [0.25, 0.3) is 5.91 Å². The molecule has 4 N–H and O–H groups in total. The van der Waals surface area contributed by atoms with Crippen molar-refractivity contribution in [3.05, 3.63) is 65.5 Å². The van der Waals surface area contributed by atoms with Gasteiger partial charge in [-0.1, -0.05) is 30.3 Å². The Balaban J connectivity index is 1.59. The first-order valence-electron chi connectivity index (χ1n) is 16.4. The molecule has 1 aliphatic heterocycles. The van der Waals surface area contributed by atoms with Gasteiger partial charge in [-0.3, -0.25) is 4.79 Å². The Hall–Kier alpha value is -4.62. The van der Waals surface area contributed by atoms with Crippen molar-refractivity contribution in [2.75, 3.05) is 49.3 Å². The molecule has 3 aromatic rings. The number of likely N-dealkylation sites (N-methyl/N-ethyl adjacent to an activating group) is 1. The van der Waals surface area contributed by atoms with Crippen molar-refractivity contribution in [3.8, 4) is 5.75 Å². The molecule has 0 saturated carbocycles. The summed E-state index contributed by atoms with van der Waals surface area (Å²) in [5, 5.41) is 22.5. The second-order valence-electron chi connectivity index (χ2n) is 12.5. The van der Waals surface area contributed by atoms with Gasteiger partial charge < -0.3 is 44.9 Å². The standard InChI is InChI=1S/C35H48N6O7/c1-22-19-41(23(2)21-42)33(43)29-18-28(36-34(44)38-32-25(4)39-48-26(32)5)15-16-30(29)47-24(3)12-10-11-17-46-31(22)20-40(6)35(45)37-27-13-8-7-9-14-27/h7-9,13-16,18,22-24,31,42H,10-12,17,19-21H2,1-6H3,(H,37,45)(H2,36,38,44)/t22-,23-,24-,31-/m1/s1.